The van der Waals surface area contributed by atoms with Gasteiger partial charge in [-0.25, -0.2) is 9.97 Å². The predicted octanol–water partition coefficient (Wildman–Crippen LogP) is 2.34. The molecule has 3 aromatic rings. The molecule has 3 rings (SSSR count). The Morgan fingerprint density at radius 1 is 1.10 bits per heavy atom. The van der Waals surface area contributed by atoms with Crippen molar-refractivity contribution in [3.05, 3.63) is 60.2 Å². The molecule has 1 aromatic carbocycles. The number of pyridine rings is 1. The summed E-state index contributed by atoms with van der Waals surface area (Å²) in [5.41, 5.74) is 2.88. The molecule has 5 heteroatoms. The second kappa shape index (κ2) is 5.85. The highest BCUT2D eigenvalue weighted by Crippen LogP contribution is 2.24. The lowest BCUT2D eigenvalue weighted by Gasteiger charge is -2.16. The lowest BCUT2D eigenvalue weighted by molar-refractivity contribution is 0.395. The number of nitrogens with zero attached hydrogens (tertiary/aromatic N) is 3. The molecule has 2 heterocycles. The Hall–Kier alpha value is -2.53. The van der Waals surface area contributed by atoms with E-state index >= 15 is 0 Å². The van der Waals surface area contributed by atoms with Gasteiger partial charge < -0.3 is 10.1 Å². The van der Waals surface area contributed by atoms with E-state index in [2.05, 4.69) is 32.4 Å². The molecule has 0 saturated heterocycles. The van der Waals surface area contributed by atoms with Crippen LogP contribution in [0.15, 0.2) is 48.9 Å². The van der Waals surface area contributed by atoms with Gasteiger partial charge in [-0.2, -0.15) is 0 Å². The van der Waals surface area contributed by atoms with Crippen LogP contribution in [0.3, 0.4) is 0 Å². The molecule has 106 valence electrons. The van der Waals surface area contributed by atoms with Crippen LogP contribution >= 0.6 is 0 Å². The molecule has 1 N–H and O–H groups in total. The highest BCUT2D eigenvalue weighted by molar-refractivity contribution is 5.78. The Kier molecular flexibility index (Phi) is 3.75. The van der Waals surface area contributed by atoms with E-state index in [-0.39, 0.29) is 6.04 Å². The quantitative estimate of drug-likeness (QED) is 0.795. The highest BCUT2D eigenvalue weighted by Gasteiger charge is 2.15. The van der Waals surface area contributed by atoms with Crippen LogP contribution < -0.4 is 10.1 Å². The number of ether oxygens (including phenoxy) is 1. The topological polar surface area (TPSA) is 59.9 Å². The van der Waals surface area contributed by atoms with Gasteiger partial charge in [-0.1, -0.05) is 18.2 Å². The fraction of sp³-hybridized carbons (Fsp3) is 0.188. The summed E-state index contributed by atoms with van der Waals surface area (Å²) in [5.74, 6) is 0.550. The van der Waals surface area contributed by atoms with Crippen molar-refractivity contribution in [1.29, 1.82) is 0 Å². The minimum Gasteiger partial charge on any atom is -0.481 e. The third-order valence-electron chi connectivity index (χ3n) is 3.40. The van der Waals surface area contributed by atoms with Crippen LogP contribution in [0.2, 0.25) is 0 Å². The molecule has 0 bridgehead atoms. The Bertz CT molecular complexity index is 760. The minimum absolute atomic E-state index is 0.0565. The van der Waals surface area contributed by atoms with E-state index in [1.807, 2.05) is 37.5 Å². The Balaban J connectivity index is 2.04. The van der Waals surface area contributed by atoms with Gasteiger partial charge in [-0.3, -0.25) is 4.98 Å². The van der Waals surface area contributed by atoms with Gasteiger partial charge in [-0.15, -0.1) is 0 Å². The first-order valence-electron chi connectivity index (χ1n) is 6.69. The van der Waals surface area contributed by atoms with Gasteiger partial charge in [0.2, 0.25) is 5.88 Å². The van der Waals surface area contributed by atoms with Crippen LogP contribution in [0.1, 0.15) is 17.3 Å². The Morgan fingerprint density at radius 3 is 2.76 bits per heavy atom. The summed E-state index contributed by atoms with van der Waals surface area (Å²) in [5, 5.41) is 4.37. The molecular weight excluding hydrogens is 264 g/mol. The molecule has 0 amide bonds. The number of hydrogen-bond acceptors (Lipinski definition) is 5. The first-order chi connectivity index (χ1) is 10.3. The van der Waals surface area contributed by atoms with E-state index < -0.39 is 0 Å². The summed E-state index contributed by atoms with van der Waals surface area (Å²) >= 11 is 0. The summed E-state index contributed by atoms with van der Waals surface area (Å²) in [6.45, 7) is 0. The maximum atomic E-state index is 5.16. The van der Waals surface area contributed by atoms with E-state index in [1.165, 1.54) is 6.33 Å². The zero-order valence-electron chi connectivity index (χ0n) is 11.9. The molecule has 0 aliphatic heterocycles. The van der Waals surface area contributed by atoms with Crippen LogP contribution in [-0.4, -0.2) is 29.1 Å². The van der Waals surface area contributed by atoms with Gasteiger partial charge in [0.25, 0.3) is 0 Å². The number of fused-ring (bicyclic) bond motifs is 1. The first kappa shape index (κ1) is 13.5. The molecular formula is C16H16N4O. The van der Waals surface area contributed by atoms with Crippen LogP contribution in [0, 0.1) is 0 Å². The van der Waals surface area contributed by atoms with Crippen molar-refractivity contribution in [2.24, 2.45) is 0 Å². The molecule has 1 atom stereocenters. The molecule has 0 radical (unpaired) electrons. The third-order valence-corrected chi connectivity index (χ3v) is 3.40. The Morgan fingerprint density at radius 2 is 1.95 bits per heavy atom. The average Bonchev–Trinajstić information content (AvgIpc) is 2.56. The van der Waals surface area contributed by atoms with Gasteiger partial charge in [0.1, 0.15) is 6.33 Å². The predicted molar refractivity (Wildman–Crippen MR) is 81.2 cm³/mol. The standard InChI is InChI=1S/C16H16N4O/c1-17-16(14-8-15(21-2)20-10-19-14)12-7-11-5-3-4-6-13(11)18-9-12/h3-10,16-17H,1-2H3. The molecule has 1 unspecified atom stereocenters. The largest absolute Gasteiger partial charge is 0.481 e. The average molecular weight is 280 g/mol. The lowest BCUT2D eigenvalue weighted by atomic mass is 10.0. The van der Waals surface area contributed by atoms with Crippen LogP contribution in [0.25, 0.3) is 10.9 Å². The number of benzene rings is 1. The summed E-state index contributed by atoms with van der Waals surface area (Å²) < 4.78 is 5.16. The van der Waals surface area contributed by atoms with Gasteiger partial charge in [-0.05, 0) is 24.7 Å². The van der Waals surface area contributed by atoms with E-state index in [1.54, 1.807) is 7.11 Å². The third kappa shape index (κ3) is 2.68. The highest BCUT2D eigenvalue weighted by atomic mass is 16.5. The SMILES string of the molecule is CNC(c1cnc2ccccc2c1)c1cc(OC)ncn1. The first-order valence-corrected chi connectivity index (χ1v) is 6.69. The van der Waals surface area contributed by atoms with Gasteiger partial charge in [0, 0.05) is 17.6 Å². The molecule has 0 aliphatic rings. The van der Waals surface area contributed by atoms with Gasteiger partial charge in [0.05, 0.1) is 24.4 Å². The maximum Gasteiger partial charge on any atom is 0.216 e. The number of para-hydroxylation sites is 1. The molecule has 0 saturated carbocycles. The van der Waals surface area contributed by atoms with Crippen molar-refractivity contribution < 1.29 is 4.74 Å². The Labute approximate surface area is 123 Å². The number of nitrogens with one attached hydrogen (secondary N) is 1. The normalized spacial score (nSPS) is 12.3. The monoisotopic (exact) mass is 280 g/mol. The lowest BCUT2D eigenvalue weighted by Crippen LogP contribution is -2.19. The fourth-order valence-corrected chi connectivity index (χ4v) is 2.35. The molecule has 0 aliphatic carbocycles. The van der Waals surface area contributed by atoms with Crippen LogP contribution in [0.5, 0.6) is 5.88 Å². The summed E-state index contributed by atoms with van der Waals surface area (Å²) in [4.78, 5) is 12.9. The molecule has 0 spiro atoms. The summed E-state index contributed by atoms with van der Waals surface area (Å²) in [6, 6.07) is 11.9. The van der Waals surface area contributed by atoms with Crippen LogP contribution in [-0.2, 0) is 0 Å². The van der Waals surface area contributed by atoms with Crippen molar-refractivity contribution in [2.45, 2.75) is 6.04 Å². The number of hydrogen-bond donors (Lipinski definition) is 1. The number of methoxy groups -OCH3 is 1. The van der Waals surface area contributed by atoms with E-state index in [0.29, 0.717) is 5.88 Å². The second-order valence-electron chi connectivity index (χ2n) is 4.67. The maximum absolute atomic E-state index is 5.16. The summed E-state index contributed by atoms with van der Waals surface area (Å²) in [6.07, 6.45) is 3.38. The fourth-order valence-electron chi connectivity index (χ4n) is 2.35. The van der Waals surface area contributed by atoms with Crippen molar-refractivity contribution in [2.75, 3.05) is 14.2 Å². The van der Waals surface area contributed by atoms with Crippen molar-refractivity contribution in [3.8, 4) is 5.88 Å². The number of rotatable bonds is 4. The van der Waals surface area contributed by atoms with Gasteiger partial charge >= 0.3 is 0 Å². The van der Waals surface area contributed by atoms with Gasteiger partial charge in [0.15, 0.2) is 0 Å². The van der Waals surface area contributed by atoms with E-state index in [0.717, 1.165) is 22.2 Å². The van der Waals surface area contributed by atoms with Crippen molar-refractivity contribution in [1.82, 2.24) is 20.3 Å². The van der Waals surface area contributed by atoms with Crippen LogP contribution in [0.4, 0.5) is 0 Å². The summed E-state index contributed by atoms with van der Waals surface area (Å²) in [7, 11) is 3.49. The molecule has 21 heavy (non-hydrogen) atoms. The molecule has 0 fully saturated rings. The second-order valence-corrected chi connectivity index (χ2v) is 4.67. The molecule has 2 aromatic heterocycles. The number of aromatic nitrogens is 3. The smallest absolute Gasteiger partial charge is 0.216 e. The minimum atomic E-state index is -0.0565. The molecule has 5 nitrogen and oxygen atoms in total. The van der Waals surface area contributed by atoms with E-state index in [9.17, 15) is 0 Å². The van der Waals surface area contributed by atoms with Crippen molar-refractivity contribution in [3.63, 3.8) is 0 Å². The zero-order chi connectivity index (χ0) is 14.7. The zero-order valence-corrected chi connectivity index (χ0v) is 11.9. The van der Waals surface area contributed by atoms with E-state index in [4.69, 9.17) is 4.74 Å². The van der Waals surface area contributed by atoms with Crippen molar-refractivity contribution >= 4 is 10.9 Å².